The van der Waals surface area contributed by atoms with Crippen molar-refractivity contribution < 1.29 is 5.11 Å². The summed E-state index contributed by atoms with van der Waals surface area (Å²) >= 11 is 1.74. The maximum Gasteiger partial charge on any atom is 0.0449 e. The van der Waals surface area contributed by atoms with Crippen LogP contribution in [0.2, 0.25) is 0 Å². The van der Waals surface area contributed by atoms with Crippen LogP contribution in [0.5, 0.6) is 0 Å². The highest BCUT2D eigenvalue weighted by atomic mass is 32.1. The molecule has 2 N–H and O–H groups in total. The lowest BCUT2D eigenvalue weighted by Gasteiger charge is -2.14. The number of aliphatic hydroxyl groups excluding tert-OH is 1. The van der Waals surface area contributed by atoms with E-state index in [-0.39, 0.29) is 6.61 Å². The van der Waals surface area contributed by atoms with Crippen LogP contribution in [0.1, 0.15) is 24.3 Å². The molecule has 0 saturated heterocycles. The van der Waals surface area contributed by atoms with Crippen molar-refractivity contribution in [3.8, 4) is 0 Å². The van der Waals surface area contributed by atoms with E-state index in [2.05, 4.69) is 23.7 Å². The number of rotatable bonds is 5. The van der Waals surface area contributed by atoms with Gasteiger partial charge in [0.05, 0.1) is 0 Å². The number of nitrogens with one attached hydrogen (secondary N) is 1. The molecule has 0 amide bonds. The number of hydrogen-bond donors (Lipinski definition) is 2. The smallest absolute Gasteiger partial charge is 0.0449 e. The van der Waals surface area contributed by atoms with Crippen molar-refractivity contribution >= 4 is 11.3 Å². The summed E-state index contributed by atoms with van der Waals surface area (Å²) in [6, 6.07) is 4.48. The Bertz CT molecular complexity index is 192. The summed E-state index contributed by atoms with van der Waals surface area (Å²) in [6.07, 6.45) is 0.800. The minimum atomic E-state index is 0.246. The van der Waals surface area contributed by atoms with E-state index in [1.807, 2.05) is 6.07 Å². The average molecular weight is 185 g/mol. The molecule has 0 aliphatic carbocycles. The molecule has 68 valence electrons. The molecule has 1 aromatic rings. The first-order chi connectivity index (χ1) is 5.88. The number of aliphatic hydroxyl groups is 1. The topological polar surface area (TPSA) is 32.3 Å². The summed E-state index contributed by atoms with van der Waals surface area (Å²) in [7, 11) is 0. The third kappa shape index (κ3) is 2.59. The Labute approximate surface area is 77.2 Å². The van der Waals surface area contributed by atoms with Gasteiger partial charge in [0.1, 0.15) is 0 Å². The Morgan fingerprint density at radius 1 is 1.67 bits per heavy atom. The SMILES string of the molecule is CCN[C@@H](CCO)c1cccs1. The summed E-state index contributed by atoms with van der Waals surface area (Å²) in [5.41, 5.74) is 0. The molecule has 0 radical (unpaired) electrons. The Balaban J connectivity index is 2.53. The van der Waals surface area contributed by atoms with Gasteiger partial charge in [0.15, 0.2) is 0 Å². The zero-order valence-corrected chi connectivity index (χ0v) is 8.10. The Hall–Kier alpha value is -0.380. The molecule has 3 heteroatoms. The second kappa shape index (κ2) is 5.30. The van der Waals surface area contributed by atoms with Crippen LogP contribution in [-0.4, -0.2) is 18.3 Å². The van der Waals surface area contributed by atoms with Gasteiger partial charge in [0.2, 0.25) is 0 Å². The molecule has 0 saturated carbocycles. The van der Waals surface area contributed by atoms with Gasteiger partial charge in [-0.25, -0.2) is 0 Å². The molecule has 1 aromatic heterocycles. The van der Waals surface area contributed by atoms with E-state index in [1.165, 1.54) is 4.88 Å². The van der Waals surface area contributed by atoms with Crippen molar-refractivity contribution in [1.29, 1.82) is 0 Å². The minimum absolute atomic E-state index is 0.246. The first-order valence-electron chi connectivity index (χ1n) is 4.26. The van der Waals surface area contributed by atoms with Crippen LogP contribution in [-0.2, 0) is 0 Å². The Morgan fingerprint density at radius 2 is 2.50 bits per heavy atom. The first-order valence-corrected chi connectivity index (χ1v) is 5.14. The Morgan fingerprint density at radius 3 is 3.00 bits per heavy atom. The van der Waals surface area contributed by atoms with Gasteiger partial charge < -0.3 is 10.4 Å². The van der Waals surface area contributed by atoms with Crippen LogP contribution in [0.3, 0.4) is 0 Å². The number of thiophene rings is 1. The second-order valence-corrected chi connectivity index (χ2v) is 3.62. The highest BCUT2D eigenvalue weighted by molar-refractivity contribution is 7.10. The van der Waals surface area contributed by atoms with Gasteiger partial charge in [-0.1, -0.05) is 13.0 Å². The van der Waals surface area contributed by atoms with Crippen molar-refractivity contribution in [2.45, 2.75) is 19.4 Å². The van der Waals surface area contributed by atoms with E-state index in [9.17, 15) is 0 Å². The van der Waals surface area contributed by atoms with Gasteiger partial charge in [-0.05, 0) is 24.4 Å². The fourth-order valence-electron chi connectivity index (χ4n) is 1.21. The van der Waals surface area contributed by atoms with Crippen LogP contribution >= 0.6 is 11.3 Å². The second-order valence-electron chi connectivity index (χ2n) is 2.64. The van der Waals surface area contributed by atoms with Crippen molar-refractivity contribution in [2.24, 2.45) is 0 Å². The molecule has 1 heterocycles. The molecule has 0 spiro atoms. The van der Waals surface area contributed by atoms with Crippen molar-refractivity contribution in [2.75, 3.05) is 13.2 Å². The summed E-state index contributed by atoms with van der Waals surface area (Å²) in [4.78, 5) is 1.31. The van der Waals surface area contributed by atoms with Gasteiger partial charge >= 0.3 is 0 Å². The summed E-state index contributed by atoms with van der Waals surface area (Å²) < 4.78 is 0. The quantitative estimate of drug-likeness (QED) is 0.733. The van der Waals surface area contributed by atoms with Gasteiger partial charge in [-0.2, -0.15) is 0 Å². The standard InChI is InChI=1S/C9H15NOS/c1-2-10-8(5-6-11)9-4-3-7-12-9/h3-4,7-8,10-11H,2,5-6H2,1H3/t8-/m0/s1. The fourth-order valence-corrected chi connectivity index (χ4v) is 2.05. The molecule has 0 aliphatic heterocycles. The van der Waals surface area contributed by atoms with E-state index in [4.69, 9.17) is 5.11 Å². The minimum Gasteiger partial charge on any atom is -0.396 e. The number of hydrogen-bond acceptors (Lipinski definition) is 3. The maximum atomic E-state index is 8.83. The molecule has 1 atom stereocenters. The molecule has 0 bridgehead atoms. The largest absolute Gasteiger partial charge is 0.396 e. The molecule has 2 nitrogen and oxygen atoms in total. The van der Waals surface area contributed by atoms with Crippen LogP contribution in [0.4, 0.5) is 0 Å². The zero-order chi connectivity index (χ0) is 8.81. The summed E-state index contributed by atoms with van der Waals surface area (Å²) in [5, 5.41) is 14.2. The zero-order valence-electron chi connectivity index (χ0n) is 7.29. The maximum absolute atomic E-state index is 8.83. The average Bonchev–Trinajstić information content (AvgIpc) is 2.56. The summed E-state index contributed by atoms with van der Waals surface area (Å²) in [6.45, 7) is 3.27. The van der Waals surface area contributed by atoms with E-state index in [0.717, 1.165) is 13.0 Å². The highest BCUT2D eigenvalue weighted by Gasteiger charge is 2.09. The third-order valence-corrected chi connectivity index (χ3v) is 2.74. The molecule has 0 unspecified atom stereocenters. The molecule has 0 aliphatic rings. The van der Waals surface area contributed by atoms with Crippen LogP contribution in [0, 0.1) is 0 Å². The fraction of sp³-hybridized carbons (Fsp3) is 0.556. The predicted molar refractivity (Wildman–Crippen MR) is 52.4 cm³/mol. The molecular weight excluding hydrogens is 170 g/mol. The lowest BCUT2D eigenvalue weighted by atomic mass is 10.2. The lowest BCUT2D eigenvalue weighted by Crippen LogP contribution is -2.20. The lowest BCUT2D eigenvalue weighted by molar-refractivity contribution is 0.267. The third-order valence-electron chi connectivity index (χ3n) is 1.75. The Kier molecular flexibility index (Phi) is 4.29. The van der Waals surface area contributed by atoms with E-state index < -0.39 is 0 Å². The van der Waals surface area contributed by atoms with E-state index in [1.54, 1.807) is 11.3 Å². The molecule has 12 heavy (non-hydrogen) atoms. The normalized spacial score (nSPS) is 13.2. The van der Waals surface area contributed by atoms with Crippen molar-refractivity contribution in [1.82, 2.24) is 5.32 Å². The molecular formula is C9H15NOS. The predicted octanol–water partition coefficient (Wildman–Crippen LogP) is 1.78. The highest BCUT2D eigenvalue weighted by Crippen LogP contribution is 2.21. The van der Waals surface area contributed by atoms with Gasteiger partial charge in [-0.3, -0.25) is 0 Å². The van der Waals surface area contributed by atoms with Crippen molar-refractivity contribution in [3.63, 3.8) is 0 Å². The van der Waals surface area contributed by atoms with Gasteiger partial charge in [0, 0.05) is 17.5 Å². The van der Waals surface area contributed by atoms with Crippen LogP contribution in [0.25, 0.3) is 0 Å². The van der Waals surface area contributed by atoms with Gasteiger partial charge in [-0.15, -0.1) is 11.3 Å². The monoisotopic (exact) mass is 185 g/mol. The van der Waals surface area contributed by atoms with E-state index >= 15 is 0 Å². The van der Waals surface area contributed by atoms with Crippen LogP contribution in [0.15, 0.2) is 17.5 Å². The first kappa shape index (κ1) is 9.71. The van der Waals surface area contributed by atoms with Crippen LogP contribution < -0.4 is 5.32 Å². The van der Waals surface area contributed by atoms with Gasteiger partial charge in [0.25, 0.3) is 0 Å². The summed E-state index contributed by atoms with van der Waals surface area (Å²) in [5.74, 6) is 0. The molecule has 0 fully saturated rings. The van der Waals surface area contributed by atoms with Crippen molar-refractivity contribution in [3.05, 3.63) is 22.4 Å². The van der Waals surface area contributed by atoms with E-state index in [0.29, 0.717) is 6.04 Å². The molecule has 1 rings (SSSR count). The molecule has 0 aromatic carbocycles.